The summed E-state index contributed by atoms with van der Waals surface area (Å²) in [7, 11) is -3.61. The number of carboxylic acids is 1. The van der Waals surface area contributed by atoms with Gasteiger partial charge in [-0.3, -0.25) is 4.72 Å². The lowest BCUT2D eigenvalue weighted by Gasteiger charge is -2.18. The lowest BCUT2D eigenvalue weighted by molar-refractivity contribution is 0.0698. The fourth-order valence-electron chi connectivity index (χ4n) is 1.49. The highest BCUT2D eigenvalue weighted by atomic mass is 32.2. The van der Waals surface area contributed by atoms with Crippen molar-refractivity contribution in [2.24, 2.45) is 5.41 Å². The summed E-state index contributed by atoms with van der Waals surface area (Å²) in [6.45, 7) is 5.81. The van der Waals surface area contributed by atoms with Gasteiger partial charge in [-0.1, -0.05) is 20.8 Å². The molecule has 0 bridgehead atoms. The first-order valence-corrected chi connectivity index (χ1v) is 7.79. The second-order valence-electron chi connectivity index (χ2n) is 5.84. The Labute approximate surface area is 119 Å². The first-order valence-electron chi connectivity index (χ1n) is 6.13. The van der Waals surface area contributed by atoms with Crippen LogP contribution in [-0.4, -0.2) is 25.2 Å². The number of aromatic carboxylic acids is 1. The van der Waals surface area contributed by atoms with Crippen LogP contribution in [0.3, 0.4) is 0 Å². The number of hydrogen-bond acceptors (Lipinski definition) is 4. The minimum atomic E-state index is -3.61. The van der Waals surface area contributed by atoms with Gasteiger partial charge in [0.2, 0.25) is 10.0 Å². The van der Waals surface area contributed by atoms with Crippen LogP contribution >= 0.6 is 0 Å². The molecule has 6 nitrogen and oxygen atoms in total. The minimum Gasteiger partial charge on any atom is -0.478 e. The number of nitrogens with one attached hydrogen (secondary N) is 1. The molecule has 0 saturated heterocycles. The molecular formula is C13H20N2O4S. The maximum absolute atomic E-state index is 12.0. The number of nitrogen functional groups attached to an aromatic ring is 1. The van der Waals surface area contributed by atoms with Crippen LogP contribution in [-0.2, 0) is 10.0 Å². The van der Waals surface area contributed by atoms with E-state index in [0.717, 1.165) is 0 Å². The molecule has 0 aliphatic heterocycles. The lowest BCUT2D eigenvalue weighted by Crippen LogP contribution is -2.22. The summed E-state index contributed by atoms with van der Waals surface area (Å²) in [6, 6.07) is 3.99. The number of anilines is 2. The molecule has 0 atom stereocenters. The smallest absolute Gasteiger partial charge is 0.337 e. The summed E-state index contributed by atoms with van der Waals surface area (Å²) >= 11 is 0. The molecule has 20 heavy (non-hydrogen) atoms. The third kappa shape index (κ3) is 5.08. The molecule has 1 aromatic carbocycles. The third-order valence-corrected chi connectivity index (χ3v) is 3.93. The van der Waals surface area contributed by atoms with E-state index in [4.69, 9.17) is 10.8 Å². The van der Waals surface area contributed by atoms with E-state index in [0.29, 0.717) is 12.1 Å². The highest BCUT2D eigenvalue weighted by Crippen LogP contribution is 2.23. The summed E-state index contributed by atoms with van der Waals surface area (Å²) in [5.74, 6) is -1.29. The number of sulfonamides is 1. The van der Waals surface area contributed by atoms with Gasteiger partial charge < -0.3 is 10.8 Å². The molecule has 0 aliphatic carbocycles. The minimum absolute atomic E-state index is 0.00795. The summed E-state index contributed by atoms with van der Waals surface area (Å²) in [5.41, 5.74) is 5.60. The molecule has 0 radical (unpaired) electrons. The summed E-state index contributed by atoms with van der Waals surface area (Å²) < 4.78 is 26.3. The van der Waals surface area contributed by atoms with E-state index in [9.17, 15) is 13.2 Å². The van der Waals surface area contributed by atoms with Gasteiger partial charge >= 0.3 is 5.97 Å². The second-order valence-corrected chi connectivity index (χ2v) is 7.68. The van der Waals surface area contributed by atoms with Crippen LogP contribution in [0.25, 0.3) is 0 Å². The van der Waals surface area contributed by atoms with E-state index in [1.165, 1.54) is 18.2 Å². The maximum atomic E-state index is 12.0. The quantitative estimate of drug-likeness (QED) is 0.722. The van der Waals surface area contributed by atoms with Gasteiger partial charge in [0.1, 0.15) is 0 Å². The molecule has 1 aromatic rings. The fourth-order valence-corrected chi connectivity index (χ4v) is 2.98. The van der Waals surface area contributed by atoms with Gasteiger partial charge in [-0.25, -0.2) is 13.2 Å². The van der Waals surface area contributed by atoms with Crippen molar-refractivity contribution >= 4 is 27.4 Å². The molecule has 112 valence electrons. The van der Waals surface area contributed by atoms with Crippen LogP contribution in [0, 0.1) is 5.41 Å². The van der Waals surface area contributed by atoms with E-state index in [2.05, 4.69) is 4.72 Å². The first-order chi connectivity index (χ1) is 9.00. The summed E-state index contributed by atoms with van der Waals surface area (Å²) in [6.07, 6.45) is 0.465. The molecular weight excluding hydrogens is 280 g/mol. The van der Waals surface area contributed by atoms with Crippen molar-refractivity contribution in [2.75, 3.05) is 16.2 Å². The van der Waals surface area contributed by atoms with E-state index < -0.39 is 16.0 Å². The Morgan fingerprint density at radius 3 is 2.45 bits per heavy atom. The van der Waals surface area contributed by atoms with Gasteiger partial charge in [0.15, 0.2) is 0 Å². The lowest BCUT2D eigenvalue weighted by atomic mass is 9.94. The van der Waals surface area contributed by atoms with Crippen molar-refractivity contribution in [1.82, 2.24) is 0 Å². The molecule has 7 heteroatoms. The number of carboxylic acid groups (broad SMARTS) is 1. The van der Waals surface area contributed by atoms with Crippen molar-refractivity contribution in [3.8, 4) is 0 Å². The topological polar surface area (TPSA) is 109 Å². The Morgan fingerprint density at radius 2 is 1.95 bits per heavy atom. The molecule has 0 heterocycles. The van der Waals surface area contributed by atoms with Crippen molar-refractivity contribution in [3.05, 3.63) is 23.8 Å². The van der Waals surface area contributed by atoms with Crippen LogP contribution in [0.4, 0.5) is 11.4 Å². The Balaban J connectivity index is 2.97. The van der Waals surface area contributed by atoms with E-state index >= 15 is 0 Å². The molecule has 0 saturated carbocycles. The van der Waals surface area contributed by atoms with Crippen molar-refractivity contribution in [3.63, 3.8) is 0 Å². The SMILES string of the molecule is CC(C)(C)CCS(=O)(=O)Nc1cc(N)ccc1C(=O)O. The molecule has 0 unspecified atom stereocenters. The molecule has 0 fully saturated rings. The van der Waals surface area contributed by atoms with Crippen molar-refractivity contribution in [1.29, 1.82) is 0 Å². The number of carbonyl (C=O) groups is 1. The molecule has 1 rings (SSSR count). The summed E-state index contributed by atoms with van der Waals surface area (Å²) in [5, 5.41) is 9.04. The predicted molar refractivity (Wildman–Crippen MR) is 79.3 cm³/mol. The van der Waals surface area contributed by atoms with E-state index in [1.807, 2.05) is 20.8 Å². The highest BCUT2D eigenvalue weighted by molar-refractivity contribution is 7.92. The summed E-state index contributed by atoms with van der Waals surface area (Å²) in [4.78, 5) is 11.1. The fraction of sp³-hybridized carbons (Fsp3) is 0.462. The second kappa shape index (κ2) is 5.70. The Bertz CT molecular complexity index is 603. The molecule has 4 N–H and O–H groups in total. The molecule has 0 aromatic heterocycles. The van der Waals surface area contributed by atoms with Crippen LogP contribution in [0.1, 0.15) is 37.6 Å². The largest absolute Gasteiger partial charge is 0.478 e. The van der Waals surface area contributed by atoms with Crippen LogP contribution in [0.5, 0.6) is 0 Å². The third-order valence-electron chi connectivity index (χ3n) is 2.66. The van der Waals surface area contributed by atoms with Gasteiger partial charge in [0.25, 0.3) is 0 Å². The monoisotopic (exact) mass is 300 g/mol. The van der Waals surface area contributed by atoms with Crippen molar-refractivity contribution in [2.45, 2.75) is 27.2 Å². The van der Waals surface area contributed by atoms with Gasteiger partial charge in [-0.05, 0) is 30.0 Å². The zero-order valence-electron chi connectivity index (χ0n) is 11.8. The van der Waals surface area contributed by atoms with E-state index in [1.54, 1.807) is 0 Å². The number of hydrogen-bond donors (Lipinski definition) is 3. The van der Waals surface area contributed by atoms with Gasteiger partial charge in [-0.2, -0.15) is 0 Å². The zero-order chi connectivity index (χ0) is 15.6. The predicted octanol–water partition coefficient (Wildman–Crippen LogP) is 2.14. The number of rotatable bonds is 5. The first kappa shape index (κ1) is 16.3. The average Bonchev–Trinajstić information content (AvgIpc) is 2.24. The molecule has 0 amide bonds. The van der Waals surface area contributed by atoms with Crippen molar-refractivity contribution < 1.29 is 18.3 Å². The maximum Gasteiger partial charge on any atom is 0.337 e. The zero-order valence-corrected chi connectivity index (χ0v) is 12.6. The number of benzene rings is 1. The van der Waals surface area contributed by atoms with Gasteiger partial charge in [-0.15, -0.1) is 0 Å². The van der Waals surface area contributed by atoms with Gasteiger partial charge in [0, 0.05) is 5.69 Å². The Kier molecular flexibility index (Phi) is 4.65. The highest BCUT2D eigenvalue weighted by Gasteiger charge is 2.20. The average molecular weight is 300 g/mol. The Hall–Kier alpha value is -1.76. The molecule has 0 spiro atoms. The van der Waals surface area contributed by atoms with E-state index in [-0.39, 0.29) is 22.4 Å². The van der Waals surface area contributed by atoms with Gasteiger partial charge in [0.05, 0.1) is 17.0 Å². The van der Waals surface area contributed by atoms with Crippen LogP contribution < -0.4 is 10.5 Å². The van der Waals surface area contributed by atoms with Crippen LogP contribution in [0.15, 0.2) is 18.2 Å². The Morgan fingerprint density at radius 1 is 1.35 bits per heavy atom. The standard InChI is InChI=1S/C13H20N2O4S/c1-13(2,3)6-7-20(18,19)15-11-8-9(14)4-5-10(11)12(16)17/h4-5,8,15H,6-7,14H2,1-3H3,(H,16,17). The number of nitrogens with two attached hydrogens (primary N) is 1. The molecule has 0 aliphatic rings. The normalized spacial score (nSPS) is 12.2. The van der Waals surface area contributed by atoms with Crippen LogP contribution in [0.2, 0.25) is 0 Å².